The van der Waals surface area contributed by atoms with Gasteiger partial charge in [-0.1, -0.05) is 19.3 Å². The number of nitrogens with zero attached hydrogens (tertiary/aromatic N) is 1. The lowest BCUT2D eigenvalue weighted by molar-refractivity contribution is -0.119. The van der Waals surface area contributed by atoms with Gasteiger partial charge in [-0.15, -0.1) is 0 Å². The van der Waals surface area contributed by atoms with Crippen LogP contribution in [0.2, 0.25) is 0 Å². The average molecular weight is 213 g/mol. The van der Waals surface area contributed by atoms with Gasteiger partial charge < -0.3 is 16.4 Å². The summed E-state index contributed by atoms with van der Waals surface area (Å²) in [5.74, 6) is -0.396. The predicted molar refractivity (Wildman–Crippen MR) is 61.3 cm³/mol. The number of primary amides is 1. The van der Waals surface area contributed by atoms with Crippen molar-refractivity contribution in [1.82, 2.24) is 4.90 Å². The van der Waals surface area contributed by atoms with Crippen molar-refractivity contribution in [3.8, 4) is 0 Å². The maximum absolute atomic E-state index is 10.8. The first-order chi connectivity index (χ1) is 7.11. The Balaban J connectivity index is 2.22. The third kappa shape index (κ3) is 4.18. The molecule has 4 N–H and O–H groups in total. The quantitative estimate of drug-likeness (QED) is 0.696. The van der Waals surface area contributed by atoms with Gasteiger partial charge in [-0.2, -0.15) is 0 Å². The van der Waals surface area contributed by atoms with Gasteiger partial charge in [0.25, 0.3) is 0 Å². The van der Waals surface area contributed by atoms with Crippen LogP contribution in [-0.4, -0.2) is 36.5 Å². The molecule has 15 heavy (non-hydrogen) atoms. The molecule has 4 heteroatoms. The molecule has 0 aliphatic heterocycles. The fourth-order valence-electron chi connectivity index (χ4n) is 2.19. The van der Waals surface area contributed by atoms with Crippen LogP contribution >= 0.6 is 0 Å². The lowest BCUT2D eigenvalue weighted by atomic mass is 9.94. The van der Waals surface area contributed by atoms with E-state index < -0.39 is 11.9 Å². The van der Waals surface area contributed by atoms with Crippen molar-refractivity contribution >= 4 is 5.91 Å². The Labute approximate surface area is 92.0 Å². The number of nitrogens with two attached hydrogens (primary N) is 2. The molecule has 1 fully saturated rings. The first-order valence-electron chi connectivity index (χ1n) is 5.86. The number of amides is 1. The molecule has 0 saturated heterocycles. The summed E-state index contributed by atoms with van der Waals surface area (Å²) in [5, 5.41) is 0. The second-order valence-corrected chi connectivity index (χ2v) is 4.57. The van der Waals surface area contributed by atoms with Gasteiger partial charge in [0.2, 0.25) is 5.91 Å². The number of rotatable bonds is 5. The zero-order valence-electron chi connectivity index (χ0n) is 9.61. The summed E-state index contributed by atoms with van der Waals surface area (Å²) in [5.41, 5.74) is 10.7. The summed E-state index contributed by atoms with van der Waals surface area (Å²) in [7, 11) is 2.11. The van der Waals surface area contributed by atoms with Crippen LogP contribution in [-0.2, 0) is 4.79 Å². The van der Waals surface area contributed by atoms with E-state index in [1.54, 1.807) is 0 Å². The van der Waals surface area contributed by atoms with Crippen molar-refractivity contribution in [2.45, 2.75) is 50.6 Å². The Morgan fingerprint density at radius 2 is 2.00 bits per heavy atom. The average Bonchev–Trinajstić information content (AvgIpc) is 2.26. The molecule has 1 atom stereocenters. The molecule has 0 spiro atoms. The van der Waals surface area contributed by atoms with E-state index in [4.69, 9.17) is 11.5 Å². The highest BCUT2D eigenvalue weighted by Gasteiger charge is 2.19. The van der Waals surface area contributed by atoms with Gasteiger partial charge in [0.1, 0.15) is 0 Å². The molecule has 88 valence electrons. The molecule has 0 aromatic heterocycles. The van der Waals surface area contributed by atoms with Crippen LogP contribution < -0.4 is 11.5 Å². The second-order valence-electron chi connectivity index (χ2n) is 4.57. The zero-order chi connectivity index (χ0) is 11.3. The Kier molecular flexibility index (Phi) is 5.05. The fourth-order valence-corrected chi connectivity index (χ4v) is 2.19. The largest absolute Gasteiger partial charge is 0.368 e. The summed E-state index contributed by atoms with van der Waals surface area (Å²) < 4.78 is 0. The molecule has 0 bridgehead atoms. The molecule has 0 aromatic carbocycles. The Morgan fingerprint density at radius 3 is 2.53 bits per heavy atom. The third-order valence-electron chi connectivity index (χ3n) is 3.36. The Hall–Kier alpha value is -0.610. The number of carbonyl (C=O) groups is 1. The van der Waals surface area contributed by atoms with E-state index in [-0.39, 0.29) is 0 Å². The van der Waals surface area contributed by atoms with Gasteiger partial charge in [-0.05, 0) is 26.3 Å². The van der Waals surface area contributed by atoms with Crippen molar-refractivity contribution in [3.05, 3.63) is 0 Å². The van der Waals surface area contributed by atoms with E-state index >= 15 is 0 Å². The van der Waals surface area contributed by atoms with Crippen LogP contribution in [0.4, 0.5) is 0 Å². The minimum Gasteiger partial charge on any atom is -0.368 e. The normalized spacial score (nSPS) is 20.5. The maximum atomic E-state index is 10.8. The smallest absolute Gasteiger partial charge is 0.234 e. The number of carbonyl (C=O) groups excluding carboxylic acids is 1. The van der Waals surface area contributed by atoms with E-state index in [9.17, 15) is 4.79 Å². The van der Waals surface area contributed by atoms with Crippen LogP contribution in [0.5, 0.6) is 0 Å². The van der Waals surface area contributed by atoms with Crippen LogP contribution in [0.1, 0.15) is 38.5 Å². The Bertz CT molecular complexity index is 202. The highest BCUT2D eigenvalue weighted by molar-refractivity contribution is 5.79. The highest BCUT2D eigenvalue weighted by atomic mass is 16.1. The molecule has 0 radical (unpaired) electrons. The van der Waals surface area contributed by atoms with E-state index in [0.717, 1.165) is 6.54 Å². The van der Waals surface area contributed by atoms with E-state index in [1.807, 2.05) is 0 Å². The van der Waals surface area contributed by atoms with Crippen LogP contribution in [0, 0.1) is 0 Å². The van der Waals surface area contributed by atoms with Gasteiger partial charge in [0, 0.05) is 12.6 Å². The standard InChI is InChI=1S/C11H23N3O/c1-14(8-7-10(12)11(13)15)9-5-3-2-4-6-9/h9-10H,2-8,12H2,1H3,(H2,13,15). The third-order valence-corrected chi connectivity index (χ3v) is 3.36. The van der Waals surface area contributed by atoms with Gasteiger partial charge in [-0.25, -0.2) is 0 Å². The van der Waals surface area contributed by atoms with Crippen molar-refractivity contribution in [3.63, 3.8) is 0 Å². The SMILES string of the molecule is CN(CCC(N)C(N)=O)C1CCCCC1. The van der Waals surface area contributed by atoms with Gasteiger partial charge >= 0.3 is 0 Å². The molecule has 4 nitrogen and oxygen atoms in total. The summed E-state index contributed by atoms with van der Waals surface area (Å²) in [4.78, 5) is 13.1. The molecule has 1 rings (SSSR count). The highest BCUT2D eigenvalue weighted by Crippen LogP contribution is 2.21. The fraction of sp³-hybridized carbons (Fsp3) is 0.909. The summed E-state index contributed by atoms with van der Waals surface area (Å²) in [6.45, 7) is 0.870. The van der Waals surface area contributed by atoms with Crippen LogP contribution in [0.25, 0.3) is 0 Å². The van der Waals surface area contributed by atoms with Gasteiger partial charge in [0.15, 0.2) is 0 Å². The van der Waals surface area contributed by atoms with E-state index in [2.05, 4.69) is 11.9 Å². The second kappa shape index (κ2) is 6.08. The van der Waals surface area contributed by atoms with E-state index in [1.165, 1.54) is 32.1 Å². The topological polar surface area (TPSA) is 72.3 Å². The summed E-state index contributed by atoms with van der Waals surface area (Å²) >= 11 is 0. The van der Waals surface area contributed by atoms with Crippen LogP contribution in [0.3, 0.4) is 0 Å². The molecule has 1 saturated carbocycles. The molecular weight excluding hydrogens is 190 g/mol. The molecular formula is C11H23N3O. The molecule has 1 amide bonds. The Morgan fingerprint density at radius 1 is 1.40 bits per heavy atom. The van der Waals surface area contributed by atoms with Crippen molar-refractivity contribution < 1.29 is 4.79 Å². The van der Waals surface area contributed by atoms with Crippen molar-refractivity contribution in [2.24, 2.45) is 11.5 Å². The molecule has 1 aliphatic rings. The first-order valence-corrected chi connectivity index (χ1v) is 5.86. The summed E-state index contributed by atoms with van der Waals surface area (Å²) in [6.07, 6.45) is 7.26. The minimum atomic E-state index is -0.490. The lowest BCUT2D eigenvalue weighted by Gasteiger charge is -2.31. The minimum absolute atomic E-state index is 0.396. The number of hydrogen-bond acceptors (Lipinski definition) is 3. The molecule has 1 unspecified atom stereocenters. The predicted octanol–water partition coefficient (Wildman–Crippen LogP) is 0.454. The molecule has 0 heterocycles. The summed E-state index contributed by atoms with van der Waals surface area (Å²) in [6, 6.07) is 0.190. The van der Waals surface area contributed by atoms with Gasteiger partial charge in [0.05, 0.1) is 6.04 Å². The molecule has 1 aliphatic carbocycles. The zero-order valence-corrected chi connectivity index (χ0v) is 9.61. The molecule has 0 aromatic rings. The first kappa shape index (κ1) is 12.5. The maximum Gasteiger partial charge on any atom is 0.234 e. The van der Waals surface area contributed by atoms with Crippen molar-refractivity contribution in [2.75, 3.05) is 13.6 Å². The number of hydrogen-bond donors (Lipinski definition) is 2. The van der Waals surface area contributed by atoms with Gasteiger partial charge in [-0.3, -0.25) is 4.79 Å². The van der Waals surface area contributed by atoms with Crippen molar-refractivity contribution in [1.29, 1.82) is 0 Å². The lowest BCUT2D eigenvalue weighted by Crippen LogP contribution is -2.41. The van der Waals surface area contributed by atoms with E-state index in [0.29, 0.717) is 12.5 Å². The van der Waals surface area contributed by atoms with Crippen LogP contribution in [0.15, 0.2) is 0 Å². The monoisotopic (exact) mass is 213 g/mol.